The van der Waals surface area contributed by atoms with E-state index in [1.165, 1.54) is 6.07 Å². The van der Waals surface area contributed by atoms with Gasteiger partial charge in [-0.2, -0.15) is 0 Å². The van der Waals surface area contributed by atoms with Crippen molar-refractivity contribution in [2.45, 2.75) is 0 Å². The van der Waals surface area contributed by atoms with Gasteiger partial charge in [-0.1, -0.05) is 36.4 Å². The molecule has 4 nitrogen and oxygen atoms in total. The summed E-state index contributed by atoms with van der Waals surface area (Å²) in [5.41, 5.74) is 2.73. The van der Waals surface area contributed by atoms with Gasteiger partial charge in [-0.15, -0.1) is 0 Å². The van der Waals surface area contributed by atoms with Gasteiger partial charge in [-0.3, -0.25) is 4.98 Å². The Kier molecular flexibility index (Phi) is 3.35. The second-order valence-electron chi connectivity index (χ2n) is 5.43. The summed E-state index contributed by atoms with van der Waals surface area (Å²) >= 11 is 0. The highest BCUT2D eigenvalue weighted by Gasteiger charge is 2.18. The summed E-state index contributed by atoms with van der Waals surface area (Å²) in [6.45, 7) is 0. The Hall–Kier alpha value is -3.40. The standard InChI is InChI=1S/C20H13NO3/c22-15-8-9-16-17(11-15)24-20(23)19(14-7-4-10-21-12-14)18(16)13-5-2-1-3-6-13/h1-12,22H. The molecule has 0 fully saturated rings. The Bertz CT molecular complexity index is 1070. The van der Waals surface area contributed by atoms with Crippen molar-refractivity contribution in [1.29, 1.82) is 0 Å². The van der Waals surface area contributed by atoms with Crippen LogP contribution in [0.25, 0.3) is 33.2 Å². The molecule has 0 aliphatic carbocycles. The molecule has 0 bridgehead atoms. The van der Waals surface area contributed by atoms with E-state index in [1.54, 1.807) is 30.6 Å². The van der Waals surface area contributed by atoms with Crippen molar-refractivity contribution in [3.63, 3.8) is 0 Å². The maximum Gasteiger partial charge on any atom is 0.344 e. The first kappa shape index (κ1) is 14.2. The quantitative estimate of drug-likeness (QED) is 0.562. The zero-order valence-electron chi connectivity index (χ0n) is 12.6. The molecule has 0 aliphatic rings. The number of aromatic hydroxyl groups is 1. The van der Waals surface area contributed by atoms with Crippen molar-refractivity contribution in [3.8, 4) is 28.0 Å². The third-order valence-electron chi connectivity index (χ3n) is 3.90. The Morgan fingerprint density at radius 3 is 2.42 bits per heavy atom. The molecule has 2 heterocycles. The minimum atomic E-state index is -0.458. The molecule has 0 radical (unpaired) electrons. The van der Waals surface area contributed by atoms with Gasteiger partial charge in [0.1, 0.15) is 11.3 Å². The minimum absolute atomic E-state index is 0.0544. The average molecular weight is 315 g/mol. The predicted octanol–water partition coefficient (Wildman–Crippen LogP) is 4.23. The number of aromatic nitrogens is 1. The monoisotopic (exact) mass is 315 g/mol. The van der Waals surface area contributed by atoms with Crippen LogP contribution in [-0.4, -0.2) is 10.1 Å². The van der Waals surface area contributed by atoms with Crippen LogP contribution in [0.1, 0.15) is 0 Å². The molecular formula is C20H13NO3. The normalized spacial score (nSPS) is 10.8. The topological polar surface area (TPSA) is 63.3 Å². The van der Waals surface area contributed by atoms with Gasteiger partial charge in [-0.05, 0) is 23.8 Å². The van der Waals surface area contributed by atoms with Gasteiger partial charge in [-0.25, -0.2) is 4.79 Å². The van der Waals surface area contributed by atoms with Gasteiger partial charge in [0.25, 0.3) is 0 Å². The summed E-state index contributed by atoms with van der Waals surface area (Å²) in [5, 5.41) is 10.5. The largest absolute Gasteiger partial charge is 0.508 e. The molecular weight excluding hydrogens is 302 g/mol. The van der Waals surface area contributed by atoms with Crippen molar-refractivity contribution in [3.05, 3.63) is 83.5 Å². The molecule has 0 unspecified atom stereocenters. The number of rotatable bonds is 2. The van der Waals surface area contributed by atoms with Crippen molar-refractivity contribution in [2.75, 3.05) is 0 Å². The number of nitrogens with zero attached hydrogens (tertiary/aromatic N) is 1. The van der Waals surface area contributed by atoms with E-state index in [0.717, 1.165) is 16.5 Å². The van der Waals surface area contributed by atoms with E-state index in [9.17, 15) is 9.90 Å². The molecule has 4 aromatic rings. The molecule has 0 saturated heterocycles. The van der Waals surface area contributed by atoms with Crippen molar-refractivity contribution < 1.29 is 9.52 Å². The molecule has 0 spiro atoms. The number of pyridine rings is 1. The SMILES string of the molecule is O=c1oc2cc(O)ccc2c(-c2ccccc2)c1-c1cccnc1. The lowest BCUT2D eigenvalue weighted by Gasteiger charge is -2.12. The molecule has 0 aliphatic heterocycles. The van der Waals surface area contributed by atoms with Gasteiger partial charge in [0.15, 0.2) is 0 Å². The Morgan fingerprint density at radius 1 is 0.875 bits per heavy atom. The lowest BCUT2D eigenvalue weighted by Crippen LogP contribution is -2.06. The van der Waals surface area contributed by atoms with Gasteiger partial charge in [0.2, 0.25) is 0 Å². The van der Waals surface area contributed by atoms with Gasteiger partial charge in [0.05, 0.1) is 5.56 Å². The highest BCUT2D eigenvalue weighted by atomic mass is 16.4. The zero-order chi connectivity index (χ0) is 16.5. The maximum atomic E-state index is 12.7. The van der Waals surface area contributed by atoms with Crippen LogP contribution in [0, 0.1) is 0 Å². The Morgan fingerprint density at radius 2 is 1.67 bits per heavy atom. The number of hydrogen-bond acceptors (Lipinski definition) is 4. The van der Waals surface area contributed by atoms with Crippen LogP contribution in [0.15, 0.2) is 82.3 Å². The van der Waals surface area contributed by atoms with E-state index in [2.05, 4.69) is 4.98 Å². The fraction of sp³-hybridized carbons (Fsp3) is 0. The molecule has 4 heteroatoms. The van der Waals surface area contributed by atoms with Crippen molar-refractivity contribution in [2.24, 2.45) is 0 Å². The van der Waals surface area contributed by atoms with Crippen LogP contribution < -0.4 is 5.63 Å². The van der Waals surface area contributed by atoms with Gasteiger partial charge in [0, 0.05) is 35.0 Å². The Labute approximate surface area is 137 Å². The van der Waals surface area contributed by atoms with Crippen LogP contribution in [0.5, 0.6) is 5.75 Å². The predicted molar refractivity (Wildman–Crippen MR) is 92.8 cm³/mol. The number of hydrogen-bond donors (Lipinski definition) is 1. The van der Waals surface area contributed by atoms with E-state index in [0.29, 0.717) is 16.7 Å². The third kappa shape index (κ3) is 2.34. The van der Waals surface area contributed by atoms with Crippen LogP contribution >= 0.6 is 0 Å². The summed E-state index contributed by atoms with van der Waals surface area (Å²) in [5.74, 6) is 0.0544. The number of phenols is 1. The van der Waals surface area contributed by atoms with Crippen molar-refractivity contribution >= 4 is 11.0 Å². The molecule has 24 heavy (non-hydrogen) atoms. The minimum Gasteiger partial charge on any atom is -0.508 e. The molecule has 116 valence electrons. The fourth-order valence-corrected chi connectivity index (χ4v) is 2.87. The average Bonchev–Trinajstić information content (AvgIpc) is 2.62. The first-order valence-electron chi connectivity index (χ1n) is 7.50. The lowest BCUT2D eigenvalue weighted by molar-refractivity contribution is 0.473. The maximum absolute atomic E-state index is 12.7. The molecule has 0 saturated carbocycles. The van der Waals surface area contributed by atoms with E-state index in [1.807, 2.05) is 36.4 Å². The first-order valence-corrected chi connectivity index (χ1v) is 7.50. The second kappa shape index (κ2) is 5.66. The van der Waals surface area contributed by atoms with E-state index in [-0.39, 0.29) is 5.75 Å². The molecule has 2 aromatic heterocycles. The molecule has 1 N–H and O–H groups in total. The lowest BCUT2D eigenvalue weighted by atomic mass is 9.94. The summed E-state index contributed by atoms with van der Waals surface area (Å²) < 4.78 is 5.45. The summed E-state index contributed by atoms with van der Waals surface area (Å²) in [4.78, 5) is 16.8. The van der Waals surface area contributed by atoms with Crippen LogP contribution in [-0.2, 0) is 0 Å². The fourth-order valence-electron chi connectivity index (χ4n) is 2.87. The molecule has 0 atom stereocenters. The molecule has 2 aromatic carbocycles. The van der Waals surface area contributed by atoms with Crippen molar-refractivity contribution in [1.82, 2.24) is 4.98 Å². The van der Waals surface area contributed by atoms with E-state index < -0.39 is 5.63 Å². The van der Waals surface area contributed by atoms with Crippen LogP contribution in [0.4, 0.5) is 0 Å². The number of fused-ring (bicyclic) bond motifs is 1. The third-order valence-corrected chi connectivity index (χ3v) is 3.90. The van der Waals surface area contributed by atoms with Gasteiger partial charge >= 0.3 is 5.63 Å². The number of phenolic OH excluding ortho intramolecular Hbond substituents is 1. The first-order chi connectivity index (χ1) is 11.7. The number of benzene rings is 2. The van der Waals surface area contributed by atoms with E-state index in [4.69, 9.17) is 4.42 Å². The van der Waals surface area contributed by atoms with E-state index >= 15 is 0 Å². The van der Waals surface area contributed by atoms with Crippen LogP contribution in [0.3, 0.4) is 0 Å². The highest BCUT2D eigenvalue weighted by molar-refractivity contribution is 6.01. The smallest absolute Gasteiger partial charge is 0.344 e. The Balaban J connectivity index is 2.17. The second-order valence-corrected chi connectivity index (χ2v) is 5.43. The molecule has 0 amide bonds. The zero-order valence-corrected chi connectivity index (χ0v) is 12.6. The summed E-state index contributed by atoms with van der Waals surface area (Å²) in [6, 6.07) is 18.1. The highest BCUT2D eigenvalue weighted by Crippen LogP contribution is 2.36. The summed E-state index contributed by atoms with van der Waals surface area (Å²) in [7, 11) is 0. The van der Waals surface area contributed by atoms with Gasteiger partial charge < -0.3 is 9.52 Å². The molecule has 4 rings (SSSR count). The van der Waals surface area contributed by atoms with Crippen LogP contribution in [0.2, 0.25) is 0 Å². The summed E-state index contributed by atoms with van der Waals surface area (Å²) in [6.07, 6.45) is 3.30.